The number of oxime groups is 1. The SMILES string of the molecule is Cl.N#Cc1ccc(NCC(F)(F)c2ccc(Cl)c[n+]2[O-])c(F)c1CC(=O)NCCON=C(N)N. The fourth-order valence-corrected chi connectivity index (χ4v) is 2.80. The zero-order valence-electron chi connectivity index (χ0n) is 17.4. The Hall–Kier alpha value is -3.63. The second kappa shape index (κ2) is 12.6. The predicted octanol–water partition coefficient (Wildman–Crippen LogP) is 1.47. The van der Waals surface area contributed by atoms with Crippen LogP contribution in [0.5, 0.6) is 0 Å². The van der Waals surface area contributed by atoms with Crippen molar-refractivity contribution in [2.45, 2.75) is 12.3 Å². The van der Waals surface area contributed by atoms with Crippen LogP contribution in [0.1, 0.15) is 16.8 Å². The molecular weight excluding hydrogens is 502 g/mol. The molecule has 0 saturated carbocycles. The summed E-state index contributed by atoms with van der Waals surface area (Å²) >= 11 is 5.60. The van der Waals surface area contributed by atoms with Gasteiger partial charge in [0.2, 0.25) is 11.9 Å². The number of alkyl halides is 2. The lowest BCUT2D eigenvalue weighted by molar-refractivity contribution is -0.624. The van der Waals surface area contributed by atoms with Gasteiger partial charge in [0.05, 0.1) is 36.8 Å². The van der Waals surface area contributed by atoms with Crippen molar-refractivity contribution < 1.29 is 27.5 Å². The highest BCUT2D eigenvalue weighted by Gasteiger charge is 2.39. The largest absolute Gasteiger partial charge is 0.618 e. The van der Waals surface area contributed by atoms with Crippen LogP contribution in [0.3, 0.4) is 0 Å². The summed E-state index contributed by atoms with van der Waals surface area (Å²) in [6, 6.07) is 6.00. The lowest BCUT2D eigenvalue weighted by atomic mass is 10.0. The topological polar surface area (TPSA) is 165 Å². The Morgan fingerprint density at radius 1 is 1.32 bits per heavy atom. The predicted molar refractivity (Wildman–Crippen MR) is 120 cm³/mol. The number of amides is 1. The summed E-state index contributed by atoms with van der Waals surface area (Å²) in [6.45, 7) is -1.22. The number of anilines is 1. The van der Waals surface area contributed by atoms with Crippen LogP contribution in [0, 0.1) is 22.4 Å². The highest BCUT2D eigenvalue weighted by molar-refractivity contribution is 6.30. The number of carbonyl (C=O) groups excluding carboxylic acids is 1. The van der Waals surface area contributed by atoms with E-state index in [-0.39, 0.29) is 58.1 Å². The molecule has 1 heterocycles. The molecule has 34 heavy (non-hydrogen) atoms. The van der Waals surface area contributed by atoms with Gasteiger partial charge in [-0.2, -0.15) is 18.8 Å². The van der Waals surface area contributed by atoms with E-state index < -0.39 is 36.3 Å². The number of rotatable bonds is 10. The molecule has 1 amide bonds. The number of carbonyl (C=O) groups is 1. The Labute approximate surface area is 203 Å². The monoisotopic (exact) mass is 521 g/mol. The first kappa shape index (κ1) is 28.4. The van der Waals surface area contributed by atoms with Crippen molar-refractivity contribution in [2.75, 3.05) is 25.0 Å². The minimum atomic E-state index is -3.68. The van der Waals surface area contributed by atoms with Gasteiger partial charge in [-0.1, -0.05) is 11.6 Å². The fourth-order valence-electron chi connectivity index (χ4n) is 2.65. The lowest BCUT2D eigenvalue weighted by Crippen LogP contribution is -2.41. The molecule has 0 aliphatic heterocycles. The van der Waals surface area contributed by atoms with Crippen LogP contribution in [0.2, 0.25) is 5.02 Å². The third kappa shape index (κ3) is 7.75. The zero-order valence-corrected chi connectivity index (χ0v) is 18.9. The van der Waals surface area contributed by atoms with Crippen LogP contribution >= 0.6 is 24.0 Å². The zero-order chi connectivity index (χ0) is 24.6. The molecule has 2 rings (SSSR count). The second-order valence-corrected chi connectivity index (χ2v) is 6.99. The quantitative estimate of drug-likeness (QED) is 0.0916. The van der Waals surface area contributed by atoms with Gasteiger partial charge in [-0.3, -0.25) is 4.79 Å². The smallest absolute Gasteiger partial charge is 0.347 e. The van der Waals surface area contributed by atoms with E-state index in [0.29, 0.717) is 0 Å². The number of aromatic nitrogens is 1. The number of nitriles is 1. The van der Waals surface area contributed by atoms with Crippen LogP contribution in [-0.2, 0) is 22.0 Å². The minimum Gasteiger partial charge on any atom is -0.618 e. The summed E-state index contributed by atoms with van der Waals surface area (Å²) in [4.78, 5) is 16.8. The maximum Gasteiger partial charge on any atom is 0.347 e. The number of nitrogens with two attached hydrogens (primary N) is 2. The van der Waals surface area contributed by atoms with Gasteiger partial charge < -0.3 is 32.1 Å². The van der Waals surface area contributed by atoms with Gasteiger partial charge in [0.15, 0.2) is 12.0 Å². The van der Waals surface area contributed by atoms with Crippen molar-refractivity contribution in [3.05, 3.63) is 63.3 Å². The molecule has 0 bridgehead atoms. The number of nitrogens with one attached hydrogen (secondary N) is 2. The number of nitrogens with zero attached hydrogens (tertiary/aromatic N) is 3. The highest BCUT2D eigenvalue weighted by atomic mass is 35.5. The summed E-state index contributed by atoms with van der Waals surface area (Å²) in [5.74, 6) is -5.70. The first-order chi connectivity index (χ1) is 15.5. The second-order valence-electron chi connectivity index (χ2n) is 6.56. The van der Waals surface area contributed by atoms with Crippen molar-refractivity contribution >= 4 is 41.6 Å². The third-order valence-corrected chi connectivity index (χ3v) is 4.36. The van der Waals surface area contributed by atoms with E-state index >= 15 is 0 Å². The number of hydrogen-bond donors (Lipinski definition) is 4. The fraction of sp³-hybridized carbons (Fsp3) is 0.263. The van der Waals surface area contributed by atoms with Crippen molar-refractivity contribution in [3.8, 4) is 6.07 Å². The van der Waals surface area contributed by atoms with Crippen molar-refractivity contribution in [1.29, 1.82) is 5.26 Å². The van der Waals surface area contributed by atoms with Gasteiger partial charge in [0.1, 0.15) is 11.6 Å². The summed E-state index contributed by atoms with van der Waals surface area (Å²) in [7, 11) is 0. The number of hydrogen-bond acceptors (Lipinski definition) is 6. The number of benzene rings is 1. The van der Waals surface area contributed by atoms with Crippen molar-refractivity contribution in [3.63, 3.8) is 0 Å². The Kier molecular flexibility index (Phi) is 10.5. The average molecular weight is 522 g/mol. The minimum absolute atomic E-state index is 0. The molecule has 0 aliphatic rings. The molecule has 1 aromatic heterocycles. The van der Waals surface area contributed by atoms with Gasteiger partial charge in [0, 0.05) is 11.6 Å². The molecule has 0 saturated heterocycles. The summed E-state index contributed by atoms with van der Waals surface area (Å²) in [5.41, 5.74) is 8.42. The summed E-state index contributed by atoms with van der Waals surface area (Å²) in [5, 5.41) is 28.8. The van der Waals surface area contributed by atoms with Crippen LogP contribution < -0.4 is 26.8 Å². The number of guanidine groups is 1. The van der Waals surface area contributed by atoms with Gasteiger partial charge in [-0.15, -0.1) is 12.4 Å². The Bertz CT molecular complexity index is 1090. The first-order valence-electron chi connectivity index (χ1n) is 9.25. The molecule has 1 aromatic carbocycles. The molecule has 10 nitrogen and oxygen atoms in total. The van der Waals surface area contributed by atoms with Crippen molar-refractivity contribution in [1.82, 2.24) is 5.32 Å². The average Bonchev–Trinajstić information content (AvgIpc) is 2.73. The number of halogens is 5. The molecule has 0 unspecified atom stereocenters. The summed E-state index contributed by atoms with van der Waals surface area (Å²) < 4.78 is 43.8. The summed E-state index contributed by atoms with van der Waals surface area (Å²) in [6.07, 6.45) is 0.229. The Morgan fingerprint density at radius 3 is 2.65 bits per heavy atom. The molecule has 0 aliphatic carbocycles. The third-order valence-electron chi connectivity index (χ3n) is 4.14. The van der Waals surface area contributed by atoms with Gasteiger partial charge in [0.25, 0.3) is 5.69 Å². The Morgan fingerprint density at radius 2 is 2.03 bits per heavy atom. The standard InChI is InChI=1S/C19H19ClF3N7O3.ClH/c20-12-2-4-15(30(32)9-12)19(22,23)10-28-14-3-1-11(8-24)13(17(14)21)7-16(31)27-5-6-33-29-18(25)26;/h1-4,9,28H,5-7,10H2,(H,27,31)(H4,25,26,29);1H. The van der Waals surface area contributed by atoms with E-state index in [0.717, 1.165) is 24.4 Å². The van der Waals surface area contributed by atoms with Crippen LogP contribution in [0.4, 0.5) is 18.9 Å². The highest BCUT2D eigenvalue weighted by Crippen LogP contribution is 2.28. The Balaban J connectivity index is 0.00000578. The van der Waals surface area contributed by atoms with Crippen LogP contribution in [0.15, 0.2) is 35.6 Å². The lowest BCUT2D eigenvalue weighted by Gasteiger charge is -2.18. The molecule has 0 spiro atoms. The molecule has 0 radical (unpaired) electrons. The van der Waals surface area contributed by atoms with Crippen LogP contribution in [-0.4, -0.2) is 31.6 Å². The first-order valence-corrected chi connectivity index (χ1v) is 9.63. The molecule has 184 valence electrons. The maximum atomic E-state index is 14.9. The van der Waals surface area contributed by atoms with Gasteiger partial charge in [-0.25, -0.2) is 4.39 Å². The van der Waals surface area contributed by atoms with E-state index in [1.807, 2.05) is 0 Å². The van der Waals surface area contributed by atoms with Crippen molar-refractivity contribution in [2.24, 2.45) is 16.6 Å². The maximum absolute atomic E-state index is 14.9. The molecule has 15 heteroatoms. The van der Waals surface area contributed by atoms with E-state index in [1.54, 1.807) is 6.07 Å². The molecule has 2 aromatic rings. The van der Waals surface area contributed by atoms with E-state index in [4.69, 9.17) is 23.1 Å². The molecule has 6 N–H and O–H groups in total. The van der Waals surface area contributed by atoms with E-state index in [1.165, 1.54) is 6.07 Å². The molecule has 0 fully saturated rings. The molecular formula is C19H20Cl2F3N7O3. The van der Waals surface area contributed by atoms with E-state index in [2.05, 4.69) is 20.6 Å². The van der Waals surface area contributed by atoms with Crippen LogP contribution in [0.25, 0.3) is 0 Å². The number of pyridine rings is 1. The normalized spacial score (nSPS) is 10.4. The van der Waals surface area contributed by atoms with E-state index in [9.17, 15) is 28.4 Å². The molecule has 0 atom stereocenters. The van der Waals surface area contributed by atoms with Gasteiger partial charge in [-0.05, 0) is 23.4 Å². The van der Waals surface area contributed by atoms with Gasteiger partial charge >= 0.3 is 5.92 Å².